The number of hydrogen-bond acceptors (Lipinski definition) is 1. The quantitative estimate of drug-likeness (QED) is 0.325. The van der Waals surface area contributed by atoms with Crippen LogP contribution in [0, 0.1) is 0 Å². The van der Waals surface area contributed by atoms with Crippen molar-refractivity contribution in [1.29, 1.82) is 0 Å². The van der Waals surface area contributed by atoms with E-state index in [1.165, 1.54) is 6.08 Å². The Bertz CT molecular complexity index is 61.8. The summed E-state index contributed by atoms with van der Waals surface area (Å²) in [6.07, 6.45) is 1.24. The minimum atomic E-state index is -0.0648. The van der Waals surface area contributed by atoms with Crippen molar-refractivity contribution >= 4 is 44.0 Å². The van der Waals surface area contributed by atoms with Gasteiger partial charge < -0.3 is 4.79 Å². The molecule has 0 atom stereocenters. The molecule has 3 heteroatoms. The molecule has 0 aromatic heterocycles. The van der Waals surface area contributed by atoms with Crippen LogP contribution in [0.25, 0.3) is 0 Å². The van der Waals surface area contributed by atoms with E-state index in [0.29, 0.717) is 0 Å². The molecular formula is C3H3AlMgO. The Kier molecular flexibility index (Phi) is 9.38. The van der Waals surface area contributed by atoms with Crippen LogP contribution in [0.1, 0.15) is 0 Å². The Hall–Kier alpha value is 0.709. The smallest absolute Gasteiger partial charge is 0.249 e. The van der Waals surface area contributed by atoms with Crippen LogP contribution in [0.5, 0.6) is 0 Å². The Labute approximate surface area is 61.4 Å². The monoisotopic (exact) mass is 106 g/mol. The maximum Gasteiger partial charge on any atom is 0.249 e. The summed E-state index contributed by atoms with van der Waals surface area (Å²) in [5.41, 5.74) is 0. The molecule has 0 spiro atoms. The second-order valence-electron chi connectivity index (χ2n) is 0.606. The highest BCUT2D eigenvalue weighted by Crippen LogP contribution is 1.53. The summed E-state index contributed by atoms with van der Waals surface area (Å²) in [6, 6.07) is 0. The molecule has 6 heavy (non-hydrogen) atoms. The molecule has 0 aliphatic heterocycles. The van der Waals surface area contributed by atoms with E-state index in [-0.39, 0.29) is 27.7 Å². The summed E-state index contributed by atoms with van der Waals surface area (Å²) >= 11 is 1.98. The van der Waals surface area contributed by atoms with Crippen LogP contribution >= 0.6 is 0 Å². The largest absolute Gasteiger partial charge is 0.319 e. The van der Waals surface area contributed by atoms with Crippen LogP contribution < -0.4 is 0 Å². The number of carbonyl (C=O) groups is 1. The van der Waals surface area contributed by atoms with Crippen LogP contribution in [-0.4, -0.2) is 44.0 Å². The minimum absolute atomic E-state index is 0. The number of hydrogen-bond donors (Lipinski definition) is 0. The number of allylic oxidation sites excluding steroid dienone is 1. The van der Waals surface area contributed by atoms with Crippen molar-refractivity contribution in [2.75, 3.05) is 0 Å². The standard InChI is InChI=1S/C3H3O.Al.Mg/c1-2-3-4;;/h2H,1H2;;. The summed E-state index contributed by atoms with van der Waals surface area (Å²) in [4.78, 5) is 9.66. The predicted molar refractivity (Wildman–Crippen MR) is 26.7 cm³/mol. The van der Waals surface area contributed by atoms with Gasteiger partial charge in [0.15, 0.2) is 0 Å². The van der Waals surface area contributed by atoms with Gasteiger partial charge in [-0.3, -0.25) is 0 Å². The molecule has 0 saturated carbocycles. The van der Waals surface area contributed by atoms with Crippen molar-refractivity contribution in [2.45, 2.75) is 0 Å². The van der Waals surface area contributed by atoms with Gasteiger partial charge in [-0.1, -0.05) is 6.58 Å². The first-order chi connectivity index (χ1) is 2.27. The lowest BCUT2D eigenvalue weighted by atomic mass is 10.7. The van der Waals surface area contributed by atoms with Gasteiger partial charge in [-0.2, -0.15) is 0 Å². The van der Waals surface area contributed by atoms with E-state index < -0.39 is 0 Å². The van der Waals surface area contributed by atoms with Gasteiger partial charge in [-0.25, -0.2) is 0 Å². The van der Waals surface area contributed by atoms with Crippen molar-refractivity contribution in [1.82, 2.24) is 0 Å². The topological polar surface area (TPSA) is 17.1 Å². The third-order valence-corrected chi connectivity index (χ3v) is 0.437. The van der Waals surface area contributed by atoms with E-state index in [2.05, 4.69) is 6.58 Å². The van der Waals surface area contributed by atoms with Gasteiger partial charge >= 0.3 is 0 Å². The van der Waals surface area contributed by atoms with Gasteiger partial charge in [-0.05, 0) is 6.08 Å². The second-order valence-corrected chi connectivity index (χ2v) is 1.18. The molecular weight excluding hydrogens is 103 g/mol. The molecule has 1 nitrogen and oxygen atoms in total. The van der Waals surface area contributed by atoms with Gasteiger partial charge in [-0.15, -0.1) is 0 Å². The van der Waals surface area contributed by atoms with Crippen LogP contribution in [0.15, 0.2) is 12.7 Å². The molecule has 0 amide bonds. The summed E-state index contributed by atoms with van der Waals surface area (Å²) < 4.78 is -0.0648. The van der Waals surface area contributed by atoms with Crippen LogP contribution in [0.4, 0.5) is 0 Å². The lowest BCUT2D eigenvalue weighted by Crippen LogP contribution is -1.84. The first-order valence-electron chi connectivity index (χ1n) is 1.19. The molecule has 0 bridgehead atoms. The van der Waals surface area contributed by atoms with Crippen LogP contribution in [0.3, 0.4) is 0 Å². The molecule has 0 N–H and O–H groups in total. The lowest BCUT2D eigenvalue weighted by Gasteiger charge is -1.64. The molecule has 0 aromatic rings. The van der Waals surface area contributed by atoms with Gasteiger partial charge in [0.1, 0.15) is 0 Å². The average molecular weight is 106 g/mol. The number of carbonyl (C=O) groups excluding carboxylic acids is 1. The fraction of sp³-hybridized carbons (Fsp3) is 0. The molecule has 4 radical (unpaired) electrons. The van der Waals surface area contributed by atoms with E-state index in [9.17, 15) is 4.79 Å². The maximum absolute atomic E-state index is 9.66. The van der Waals surface area contributed by atoms with Crippen molar-refractivity contribution in [3.05, 3.63) is 12.7 Å². The maximum atomic E-state index is 9.66. The molecule has 0 saturated heterocycles. The molecule has 0 aromatic carbocycles. The highest BCUT2D eigenvalue weighted by atomic mass is 27.0. The minimum Gasteiger partial charge on any atom is -0.319 e. The highest BCUT2D eigenvalue weighted by molar-refractivity contribution is 6.60. The van der Waals surface area contributed by atoms with Crippen LogP contribution in [0.2, 0.25) is 0 Å². The van der Waals surface area contributed by atoms with E-state index >= 15 is 0 Å². The second kappa shape index (κ2) is 5.71. The molecule has 0 unspecified atom stereocenters. The lowest BCUT2D eigenvalue weighted by molar-refractivity contribution is -0.107. The van der Waals surface area contributed by atoms with Crippen molar-refractivity contribution in [3.8, 4) is 0 Å². The first-order valence-corrected chi connectivity index (χ1v) is 1.77. The Morgan fingerprint density at radius 3 is 2.00 bits per heavy atom. The normalized spacial score (nSPS) is 5.33. The average Bonchev–Trinajstić information content (AvgIpc) is 1.38. The van der Waals surface area contributed by atoms with Gasteiger partial charge in [0, 0.05) is 27.7 Å². The summed E-state index contributed by atoms with van der Waals surface area (Å²) in [7, 11) is 0. The van der Waals surface area contributed by atoms with Crippen molar-refractivity contribution in [2.24, 2.45) is 0 Å². The zero-order valence-electron chi connectivity index (χ0n) is 3.48. The van der Waals surface area contributed by atoms with Crippen molar-refractivity contribution < 1.29 is 4.79 Å². The third kappa shape index (κ3) is 8.83. The zero-order chi connectivity index (χ0) is 4.28. The predicted octanol–water partition coefficient (Wildman–Crippen LogP) is -0.513. The third-order valence-electron chi connectivity index (χ3n) is 0.201. The van der Waals surface area contributed by atoms with Gasteiger partial charge in [0.25, 0.3) is 0 Å². The first kappa shape index (κ1) is 9.86. The SMILES string of the molecule is C=C[C](=O)[Al].[Mg]. The van der Waals surface area contributed by atoms with E-state index in [4.69, 9.17) is 0 Å². The Balaban J connectivity index is 0. The van der Waals surface area contributed by atoms with E-state index in [1.54, 1.807) is 0 Å². The summed E-state index contributed by atoms with van der Waals surface area (Å²) in [6.45, 7) is 3.19. The summed E-state index contributed by atoms with van der Waals surface area (Å²) in [5.74, 6) is 0. The highest BCUT2D eigenvalue weighted by Gasteiger charge is 1.68. The molecule has 0 fully saturated rings. The Morgan fingerprint density at radius 2 is 2.00 bits per heavy atom. The molecule has 0 aliphatic rings. The molecule has 0 aliphatic carbocycles. The van der Waals surface area contributed by atoms with E-state index in [0.717, 1.165) is 0 Å². The molecule has 0 rings (SSSR count). The fourth-order valence-electron chi connectivity index (χ4n) is 0. The summed E-state index contributed by atoms with van der Waals surface area (Å²) in [5, 5.41) is 0. The van der Waals surface area contributed by atoms with Gasteiger partial charge in [0.05, 0.1) is 0 Å². The van der Waals surface area contributed by atoms with Gasteiger partial charge in [0.2, 0.25) is 16.3 Å². The van der Waals surface area contributed by atoms with E-state index in [1.807, 2.05) is 16.3 Å². The Morgan fingerprint density at radius 1 is 1.83 bits per heavy atom. The zero-order valence-corrected chi connectivity index (χ0v) is 6.05. The molecule has 0 heterocycles. The van der Waals surface area contributed by atoms with Crippen molar-refractivity contribution in [3.63, 3.8) is 0 Å². The van der Waals surface area contributed by atoms with Crippen LogP contribution in [-0.2, 0) is 4.79 Å². The molecule has 26 valence electrons. The number of rotatable bonds is 1. The fourth-order valence-corrected chi connectivity index (χ4v) is 0.